The highest BCUT2D eigenvalue weighted by atomic mass is 32.1. The van der Waals surface area contributed by atoms with Crippen LogP contribution in [-0.4, -0.2) is 28.4 Å². The number of aromatic nitrogens is 2. The minimum absolute atomic E-state index is 0.209. The van der Waals surface area contributed by atoms with Gasteiger partial charge in [-0.05, 0) is 18.1 Å². The number of amides is 1. The Bertz CT molecular complexity index is 963. The van der Waals surface area contributed by atoms with Crippen molar-refractivity contribution in [2.24, 2.45) is 5.92 Å². The van der Waals surface area contributed by atoms with Gasteiger partial charge < -0.3 is 10.1 Å². The molecule has 0 spiro atoms. The molecule has 1 N–H and O–H groups in total. The van der Waals surface area contributed by atoms with Gasteiger partial charge in [-0.2, -0.15) is 4.98 Å². The second-order valence-corrected chi connectivity index (χ2v) is 6.61. The highest BCUT2D eigenvalue weighted by molar-refractivity contribution is 7.15. The number of fused-ring (bicyclic) bond motifs is 2. The molecule has 6 nitrogen and oxygen atoms in total. The van der Waals surface area contributed by atoms with Crippen LogP contribution in [0.4, 0.5) is 0 Å². The van der Waals surface area contributed by atoms with Crippen molar-refractivity contribution in [3.63, 3.8) is 0 Å². The second kappa shape index (κ2) is 6.09. The van der Waals surface area contributed by atoms with Gasteiger partial charge >= 0.3 is 0 Å². The predicted octanol–water partition coefficient (Wildman–Crippen LogP) is 1.74. The lowest BCUT2D eigenvalue weighted by molar-refractivity contribution is 0.0932. The van der Waals surface area contributed by atoms with Gasteiger partial charge in [-0.15, -0.1) is 11.3 Å². The van der Waals surface area contributed by atoms with Crippen LogP contribution in [0.25, 0.3) is 4.96 Å². The maximum absolute atomic E-state index is 12.5. The second-order valence-electron chi connectivity index (χ2n) is 5.73. The van der Waals surface area contributed by atoms with Gasteiger partial charge in [0.2, 0.25) is 0 Å². The average molecular weight is 341 g/mol. The lowest BCUT2D eigenvalue weighted by Crippen LogP contribution is -2.36. The van der Waals surface area contributed by atoms with Gasteiger partial charge in [0.25, 0.3) is 11.5 Å². The quantitative estimate of drug-likeness (QED) is 0.787. The highest BCUT2D eigenvalue weighted by Gasteiger charge is 2.21. The van der Waals surface area contributed by atoms with Gasteiger partial charge in [0.1, 0.15) is 11.4 Å². The molecule has 1 unspecified atom stereocenters. The SMILES string of the molecule is O=C(NCC1COc2ccccc2C1)c1cc(=O)nc2sccn12. The number of carbonyl (C=O) groups is 1. The summed E-state index contributed by atoms with van der Waals surface area (Å²) in [6, 6.07) is 9.21. The van der Waals surface area contributed by atoms with Crippen LogP contribution < -0.4 is 15.6 Å². The number of benzene rings is 1. The molecular weight excluding hydrogens is 326 g/mol. The van der Waals surface area contributed by atoms with Crippen LogP contribution in [-0.2, 0) is 6.42 Å². The van der Waals surface area contributed by atoms with E-state index in [1.54, 1.807) is 16.0 Å². The first-order valence-electron chi connectivity index (χ1n) is 7.66. The first-order chi connectivity index (χ1) is 11.7. The molecule has 0 bridgehead atoms. The van der Waals surface area contributed by atoms with Crippen molar-refractivity contribution in [3.05, 3.63) is 63.5 Å². The Morgan fingerprint density at radius 3 is 3.21 bits per heavy atom. The number of rotatable bonds is 3. The number of para-hydroxylation sites is 1. The number of hydrogen-bond acceptors (Lipinski definition) is 5. The molecule has 3 aromatic rings. The van der Waals surface area contributed by atoms with Crippen LogP contribution in [0.1, 0.15) is 16.1 Å². The molecule has 1 amide bonds. The summed E-state index contributed by atoms with van der Waals surface area (Å²) in [5.74, 6) is 0.850. The predicted molar refractivity (Wildman–Crippen MR) is 90.8 cm³/mol. The van der Waals surface area contributed by atoms with Gasteiger partial charge in [0.05, 0.1) is 6.61 Å². The average Bonchev–Trinajstić information content (AvgIpc) is 3.07. The normalized spacial score (nSPS) is 16.4. The third-order valence-corrected chi connectivity index (χ3v) is 4.81. The van der Waals surface area contributed by atoms with Crippen LogP contribution in [0.3, 0.4) is 0 Å². The molecule has 4 rings (SSSR count). The van der Waals surface area contributed by atoms with Gasteiger partial charge in [0.15, 0.2) is 4.96 Å². The van der Waals surface area contributed by atoms with Crippen molar-refractivity contribution < 1.29 is 9.53 Å². The zero-order valence-electron chi connectivity index (χ0n) is 12.8. The number of nitrogens with one attached hydrogen (secondary N) is 1. The fourth-order valence-corrected chi connectivity index (χ4v) is 3.59. The first kappa shape index (κ1) is 14.9. The summed E-state index contributed by atoms with van der Waals surface area (Å²) in [6.45, 7) is 1.07. The van der Waals surface area contributed by atoms with E-state index in [9.17, 15) is 9.59 Å². The first-order valence-corrected chi connectivity index (χ1v) is 8.54. The minimum atomic E-state index is -0.405. The Morgan fingerprint density at radius 2 is 2.29 bits per heavy atom. The third-order valence-electron chi connectivity index (χ3n) is 4.05. The zero-order chi connectivity index (χ0) is 16.5. The van der Waals surface area contributed by atoms with E-state index in [1.165, 1.54) is 17.4 Å². The number of carbonyl (C=O) groups excluding carboxylic acids is 1. The maximum Gasteiger partial charge on any atom is 0.274 e. The molecule has 0 fully saturated rings. The molecule has 7 heteroatoms. The molecular formula is C17H15N3O3S. The van der Waals surface area contributed by atoms with Crippen LogP contribution in [0.5, 0.6) is 5.75 Å². The minimum Gasteiger partial charge on any atom is -0.493 e. The molecule has 2 aromatic heterocycles. The maximum atomic E-state index is 12.5. The largest absolute Gasteiger partial charge is 0.493 e. The fraction of sp³-hybridized carbons (Fsp3) is 0.235. The lowest BCUT2D eigenvalue weighted by atomic mass is 9.97. The number of hydrogen-bond donors (Lipinski definition) is 1. The van der Waals surface area contributed by atoms with E-state index < -0.39 is 5.56 Å². The summed E-state index contributed by atoms with van der Waals surface area (Å²) >= 11 is 1.32. The molecule has 0 saturated heterocycles. The Morgan fingerprint density at radius 1 is 1.42 bits per heavy atom. The van der Waals surface area contributed by atoms with Gasteiger partial charge in [-0.1, -0.05) is 18.2 Å². The Balaban J connectivity index is 1.47. The van der Waals surface area contributed by atoms with E-state index >= 15 is 0 Å². The molecule has 1 aliphatic rings. The Hall–Kier alpha value is -2.67. The molecule has 24 heavy (non-hydrogen) atoms. The molecule has 0 saturated carbocycles. The fourth-order valence-electron chi connectivity index (χ4n) is 2.87. The van der Waals surface area contributed by atoms with Crippen LogP contribution in [0.2, 0.25) is 0 Å². The monoisotopic (exact) mass is 341 g/mol. The smallest absolute Gasteiger partial charge is 0.274 e. The van der Waals surface area contributed by atoms with Crippen LogP contribution in [0.15, 0.2) is 46.7 Å². The van der Waals surface area contributed by atoms with Gasteiger partial charge in [0, 0.05) is 30.1 Å². The summed E-state index contributed by atoms with van der Waals surface area (Å²) in [7, 11) is 0. The zero-order valence-corrected chi connectivity index (χ0v) is 13.6. The standard InChI is InChI=1S/C17H15N3O3S/c21-15-8-13(20-5-6-24-17(20)19-15)16(22)18-9-11-7-12-3-1-2-4-14(12)23-10-11/h1-6,8,11H,7,9-10H2,(H,18,22). The number of thiazole rings is 1. The number of ether oxygens (including phenoxy) is 1. The topological polar surface area (TPSA) is 72.7 Å². The van der Waals surface area contributed by atoms with E-state index in [-0.39, 0.29) is 11.8 Å². The number of nitrogens with zero attached hydrogens (tertiary/aromatic N) is 2. The molecule has 122 valence electrons. The lowest BCUT2D eigenvalue weighted by Gasteiger charge is -2.25. The van der Waals surface area contributed by atoms with Crippen LogP contribution >= 0.6 is 11.3 Å². The Labute approximate surface area is 141 Å². The summed E-state index contributed by atoms with van der Waals surface area (Å²) in [6.07, 6.45) is 2.60. The molecule has 1 aromatic carbocycles. The Kier molecular flexibility index (Phi) is 3.78. The molecule has 1 atom stereocenters. The summed E-state index contributed by atoms with van der Waals surface area (Å²) in [5, 5.41) is 4.70. The van der Waals surface area contributed by atoms with E-state index in [4.69, 9.17) is 4.74 Å². The summed E-state index contributed by atoms with van der Waals surface area (Å²) in [5.41, 5.74) is 1.06. The van der Waals surface area contributed by atoms with Crippen molar-refractivity contribution >= 4 is 22.2 Å². The summed E-state index contributed by atoms with van der Waals surface area (Å²) < 4.78 is 7.37. The molecule has 0 radical (unpaired) electrons. The van der Waals surface area contributed by atoms with Crippen molar-refractivity contribution in [2.75, 3.05) is 13.2 Å². The highest BCUT2D eigenvalue weighted by Crippen LogP contribution is 2.26. The third kappa shape index (κ3) is 2.78. The van der Waals surface area contributed by atoms with Gasteiger partial charge in [-0.3, -0.25) is 14.0 Å². The van der Waals surface area contributed by atoms with Crippen molar-refractivity contribution in [3.8, 4) is 5.75 Å². The van der Waals surface area contributed by atoms with E-state index in [1.807, 2.05) is 24.3 Å². The van der Waals surface area contributed by atoms with Crippen molar-refractivity contribution in [1.29, 1.82) is 0 Å². The van der Waals surface area contributed by atoms with E-state index in [2.05, 4.69) is 10.3 Å². The van der Waals surface area contributed by atoms with Gasteiger partial charge in [-0.25, -0.2) is 0 Å². The summed E-state index contributed by atoms with van der Waals surface area (Å²) in [4.78, 5) is 28.5. The molecule has 1 aliphatic heterocycles. The van der Waals surface area contributed by atoms with E-state index in [0.717, 1.165) is 17.7 Å². The van der Waals surface area contributed by atoms with Crippen LogP contribution in [0, 0.1) is 5.92 Å². The van der Waals surface area contributed by atoms with E-state index in [0.29, 0.717) is 23.8 Å². The van der Waals surface area contributed by atoms with Crippen molar-refractivity contribution in [1.82, 2.24) is 14.7 Å². The van der Waals surface area contributed by atoms with Crippen molar-refractivity contribution in [2.45, 2.75) is 6.42 Å². The molecule has 3 heterocycles. The molecule has 0 aliphatic carbocycles.